The molecule has 7 heteroatoms. The highest BCUT2D eigenvalue weighted by atomic mass is 19.1. The maximum Gasteiger partial charge on any atom is 0.221 e. The number of halogens is 1. The van der Waals surface area contributed by atoms with Crippen LogP contribution in [0.3, 0.4) is 0 Å². The van der Waals surface area contributed by atoms with Crippen molar-refractivity contribution in [2.24, 2.45) is 0 Å². The monoisotopic (exact) mass is 487 g/mol. The van der Waals surface area contributed by atoms with Crippen LogP contribution in [-0.2, 0) is 0 Å². The first-order valence-corrected chi connectivity index (χ1v) is 12.0. The molecule has 0 aliphatic carbocycles. The van der Waals surface area contributed by atoms with Crippen molar-refractivity contribution in [2.45, 2.75) is 0 Å². The van der Waals surface area contributed by atoms with Crippen LogP contribution >= 0.6 is 0 Å². The van der Waals surface area contributed by atoms with Crippen LogP contribution in [0.15, 0.2) is 103 Å². The molecule has 1 aliphatic heterocycles. The Hall–Kier alpha value is -4.91. The van der Waals surface area contributed by atoms with Crippen LogP contribution in [0, 0.1) is 5.82 Å². The first-order chi connectivity index (χ1) is 18.2. The quantitative estimate of drug-likeness (QED) is 0.267. The molecule has 4 heterocycles. The van der Waals surface area contributed by atoms with Gasteiger partial charge in [0.1, 0.15) is 17.4 Å². The number of ether oxygens (including phenoxy) is 1. The van der Waals surface area contributed by atoms with Crippen molar-refractivity contribution in [3.63, 3.8) is 0 Å². The molecular weight excluding hydrogens is 465 g/mol. The van der Waals surface area contributed by atoms with E-state index >= 15 is 0 Å². The van der Waals surface area contributed by atoms with Crippen LogP contribution in [0.4, 0.5) is 21.5 Å². The number of hydrogen-bond donors (Lipinski definition) is 0. The van der Waals surface area contributed by atoms with Crippen LogP contribution in [-0.4, -0.2) is 28.3 Å². The van der Waals surface area contributed by atoms with E-state index in [1.165, 1.54) is 24.0 Å². The Morgan fingerprint density at radius 1 is 0.757 bits per heavy atom. The van der Waals surface area contributed by atoms with Gasteiger partial charge in [0.25, 0.3) is 0 Å². The maximum atomic E-state index is 14.1. The second kappa shape index (κ2) is 8.34. The Labute approximate surface area is 212 Å². The number of fused-ring (bicyclic) bond motifs is 4. The predicted molar refractivity (Wildman–Crippen MR) is 145 cm³/mol. The fraction of sp³-hybridized carbons (Fsp3) is 0.0667. The number of aromatic nitrogens is 3. The zero-order valence-corrected chi connectivity index (χ0v) is 20.0. The molecule has 180 valence electrons. The molecule has 0 spiro atoms. The van der Waals surface area contributed by atoms with E-state index in [4.69, 9.17) is 4.74 Å². The predicted octanol–water partition coefficient (Wildman–Crippen LogP) is 7.05. The highest BCUT2D eigenvalue weighted by Crippen LogP contribution is 2.40. The molecule has 3 aromatic heterocycles. The lowest BCUT2D eigenvalue weighted by molar-refractivity contribution is 0.463. The molecule has 0 N–H and O–H groups in total. The standard InChI is InChI=1S/C30H22FN5O/c1-34-19-35(27-9-5-4-8-26(27)34)21-13-15-33-30(17-21)37-22-10-11-24-23-6-2-3-7-25(23)36(28(24)18-22)29-16-20(31)12-14-32-29/h2-18H,19H2,1H3. The zero-order chi connectivity index (χ0) is 24.9. The number of rotatable bonds is 4. The lowest BCUT2D eigenvalue weighted by Crippen LogP contribution is -2.23. The van der Waals surface area contributed by atoms with Crippen molar-refractivity contribution in [2.75, 3.05) is 23.5 Å². The van der Waals surface area contributed by atoms with E-state index in [2.05, 4.69) is 51.1 Å². The van der Waals surface area contributed by atoms with Crippen LogP contribution in [0.25, 0.3) is 27.6 Å². The van der Waals surface area contributed by atoms with Gasteiger partial charge < -0.3 is 14.5 Å². The number of para-hydroxylation sites is 3. The number of benzene rings is 3. The molecular formula is C30H22FN5O. The van der Waals surface area contributed by atoms with Gasteiger partial charge in [-0.05, 0) is 42.5 Å². The average molecular weight is 488 g/mol. The molecule has 1 aliphatic rings. The molecule has 3 aromatic carbocycles. The smallest absolute Gasteiger partial charge is 0.221 e. The molecule has 6 nitrogen and oxygen atoms in total. The summed E-state index contributed by atoms with van der Waals surface area (Å²) in [6, 6.07) is 29.0. The minimum atomic E-state index is -0.335. The molecule has 37 heavy (non-hydrogen) atoms. The molecule has 0 atom stereocenters. The summed E-state index contributed by atoms with van der Waals surface area (Å²) < 4.78 is 22.3. The molecule has 0 saturated carbocycles. The maximum absolute atomic E-state index is 14.1. The molecule has 7 rings (SSSR count). The van der Waals surface area contributed by atoms with Crippen molar-refractivity contribution in [3.05, 3.63) is 109 Å². The summed E-state index contributed by atoms with van der Waals surface area (Å²) in [4.78, 5) is 13.3. The fourth-order valence-corrected chi connectivity index (χ4v) is 5.12. The van der Waals surface area contributed by atoms with E-state index < -0.39 is 0 Å². The first-order valence-electron chi connectivity index (χ1n) is 12.0. The van der Waals surface area contributed by atoms with Crippen LogP contribution in [0.5, 0.6) is 11.6 Å². The molecule has 0 bridgehead atoms. The third kappa shape index (κ3) is 3.55. The van der Waals surface area contributed by atoms with Crippen molar-refractivity contribution in [1.82, 2.24) is 14.5 Å². The van der Waals surface area contributed by atoms with Crippen LogP contribution in [0.1, 0.15) is 0 Å². The largest absolute Gasteiger partial charge is 0.439 e. The molecule has 0 unspecified atom stereocenters. The Kier molecular flexibility index (Phi) is 4.82. The van der Waals surface area contributed by atoms with Gasteiger partial charge in [0.2, 0.25) is 5.88 Å². The Balaban J connectivity index is 1.29. The van der Waals surface area contributed by atoms with Gasteiger partial charge >= 0.3 is 0 Å². The molecule has 0 amide bonds. The molecule has 6 aromatic rings. The van der Waals surface area contributed by atoms with E-state index in [0.717, 1.165) is 39.8 Å². The van der Waals surface area contributed by atoms with Gasteiger partial charge in [0, 0.05) is 54.1 Å². The number of hydrogen-bond acceptors (Lipinski definition) is 5. The van der Waals surface area contributed by atoms with E-state index in [9.17, 15) is 4.39 Å². The first kappa shape index (κ1) is 21.4. The lowest BCUT2D eigenvalue weighted by atomic mass is 10.1. The van der Waals surface area contributed by atoms with Gasteiger partial charge in [-0.2, -0.15) is 0 Å². The minimum absolute atomic E-state index is 0.335. The Morgan fingerprint density at radius 3 is 2.43 bits per heavy atom. The van der Waals surface area contributed by atoms with E-state index in [1.54, 1.807) is 6.20 Å². The summed E-state index contributed by atoms with van der Waals surface area (Å²) in [5.74, 6) is 1.31. The van der Waals surface area contributed by atoms with Gasteiger partial charge in [0.15, 0.2) is 0 Å². The van der Waals surface area contributed by atoms with Crippen molar-refractivity contribution >= 4 is 38.9 Å². The number of pyridine rings is 2. The number of nitrogens with zero attached hydrogens (tertiary/aromatic N) is 5. The molecule has 0 radical (unpaired) electrons. The topological polar surface area (TPSA) is 46.4 Å². The van der Waals surface area contributed by atoms with Gasteiger partial charge in [-0.1, -0.05) is 30.3 Å². The third-order valence-corrected chi connectivity index (χ3v) is 6.77. The van der Waals surface area contributed by atoms with Gasteiger partial charge in [-0.3, -0.25) is 4.57 Å². The second-order valence-electron chi connectivity index (χ2n) is 9.07. The summed E-state index contributed by atoms with van der Waals surface area (Å²) >= 11 is 0. The van der Waals surface area contributed by atoms with Crippen molar-refractivity contribution in [3.8, 4) is 17.4 Å². The summed E-state index contributed by atoms with van der Waals surface area (Å²) in [6.07, 6.45) is 3.24. The summed E-state index contributed by atoms with van der Waals surface area (Å²) in [6.45, 7) is 0.746. The second-order valence-corrected chi connectivity index (χ2v) is 9.07. The van der Waals surface area contributed by atoms with E-state index in [-0.39, 0.29) is 5.82 Å². The summed E-state index contributed by atoms with van der Waals surface area (Å²) in [5.41, 5.74) is 5.16. The molecule has 0 saturated heterocycles. The van der Waals surface area contributed by atoms with Crippen molar-refractivity contribution < 1.29 is 9.13 Å². The third-order valence-electron chi connectivity index (χ3n) is 6.77. The highest BCUT2D eigenvalue weighted by Gasteiger charge is 2.24. The lowest BCUT2D eigenvalue weighted by Gasteiger charge is -2.20. The minimum Gasteiger partial charge on any atom is -0.439 e. The van der Waals surface area contributed by atoms with Crippen molar-refractivity contribution in [1.29, 1.82) is 0 Å². The van der Waals surface area contributed by atoms with Crippen LogP contribution in [0.2, 0.25) is 0 Å². The average Bonchev–Trinajstić information content (AvgIpc) is 3.43. The molecule has 0 fully saturated rings. The Morgan fingerprint density at radius 2 is 1.54 bits per heavy atom. The van der Waals surface area contributed by atoms with Gasteiger partial charge in [-0.25, -0.2) is 14.4 Å². The fourth-order valence-electron chi connectivity index (χ4n) is 5.12. The number of anilines is 3. The van der Waals surface area contributed by atoms with Gasteiger partial charge in [0.05, 0.1) is 29.1 Å². The van der Waals surface area contributed by atoms with Crippen LogP contribution < -0.4 is 14.5 Å². The normalized spacial score (nSPS) is 12.9. The summed E-state index contributed by atoms with van der Waals surface area (Å²) in [5, 5.41) is 2.10. The van der Waals surface area contributed by atoms with E-state index in [1.807, 2.05) is 59.2 Å². The Bertz CT molecular complexity index is 1800. The summed E-state index contributed by atoms with van der Waals surface area (Å²) in [7, 11) is 2.08. The highest BCUT2D eigenvalue weighted by molar-refractivity contribution is 6.09. The van der Waals surface area contributed by atoms with E-state index in [0.29, 0.717) is 17.4 Å². The van der Waals surface area contributed by atoms with Gasteiger partial charge in [-0.15, -0.1) is 0 Å². The zero-order valence-electron chi connectivity index (χ0n) is 20.0. The SMILES string of the molecule is CN1CN(c2ccnc(Oc3ccc4c5ccccc5n(-c5cc(F)ccn5)c4c3)c2)c2ccccc21.